The van der Waals surface area contributed by atoms with Crippen molar-refractivity contribution >= 4 is 10.8 Å². The Hall–Kier alpha value is -2.00. The van der Waals surface area contributed by atoms with Gasteiger partial charge in [-0.2, -0.15) is 0 Å². The fraction of sp³-hybridized carbons (Fsp3) is 0.368. The molecule has 0 saturated carbocycles. The van der Waals surface area contributed by atoms with Crippen LogP contribution in [0.5, 0.6) is 11.5 Å². The van der Waals surface area contributed by atoms with Gasteiger partial charge in [-0.05, 0) is 31.4 Å². The van der Waals surface area contributed by atoms with E-state index in [1.54, 1.807) is 6.08 Å². The van der Waals surface area contributed by atoms with E-state index in [0.29, 0.717) is 6.61 Å². The number of hydrogen-bond acceptors (Lipinski definition) is 3. The summed E-state index contributed by atoms with van der Waals surface area (Å²) in [6.07, 6.45) is 4.84. The number of fused-ring (bicyclic) bond motifs is 1. The molecule has 116 valence electrons. The monoisotopic (exact) mass is 298 g/mol. The summed E-state index contributed by atoms with van der Waals surface area (Å²) in [4.78, 5) is 0. The van der Waals surface area contributed by atoms with E-state index < -0.39 is 0 Å². The third-order valence-corrected chi connectivity index (χ3v) is 3.88. The number of rotatable bonds is 5. The van der Waals surface area contributed by atoms with E-state index in [1.165, 1.54) is 0 Å². The average molecular weight is 298 g/mol. The molecule has 1 fully saturated rings. The molecule has 1 unspecified atom stereocenters. The van der Waals surface area contributed by atoms with E-state index in [2.05, 4.69) is 18.7 Å². The number of ether oxygens (including phenoxy) is 3. The zero-order chi connectivity index (χ0) is 15.4. The minimum atomic E-state index is -0.142. The molecule has 22 heavy (non-hydrogen) atoms. The number of hydrogen-bond donors (Lipinski definition) is 0. The van der Waals surface area contributed by atoms with E-state index >= 15 is 0 Å². The standard InChI is InChI=1S/C19H22O3/c1-3-11-21-19-14(2)13-17(15-8-4-5-9-16(15)19)22-18-10-6-7-12-20-18/h3-5,8-9,13,18H,1,6-7,10-12H2,2H3. The molecule has 3 rings (SSSR count). The van der Waals surface area contributed by atoms with Gasteiger partial charge in [0.1, 0.15) is 18.1 Å². The van der Waals surface area contributed by atoms with Crippen LogP contribution in [0.3, 0.4) is 0 Å². The summed E-state index contributed by atoms with van der Waals surface area (Å²) in [6, 6.07) is 10.2. The fourth-order valence-corrected chi connectivity index (χ4v) is 2.83. The minimum absolute atomic E-state index is 0.142. The normalized spacial score (nSPS) is 18.1. The number of benzene rings is 2. The van der Waals surface area contributed by atoms with Crippen molar-refractivity contribution in [1.82, 2.24) is 0 Å². The molecule has 0 radical (unpaired) electrons. The summed E-state index contributed by atoms with van der Waals surface area (Å²) in [7, 11) is 0. The van der Waals surface area contributed by atoms with Gasteiger partial charge in [-0.3, -0.25) is 0 Å². The Balaban J connectivity index is 1.98. The first kappa shape index (κ1) is 14.9. The third-order valence-electron chi connectivity index (χ3n) is 3.88. The lowest BCUT2D eigenvalue weighted by Gasteiger charge is -2.25. The van der Waals surface area contributed by atoms with Crippen molar-refractivity contribution < 1.29 is 14.2 Å². The van der Waals surface area contributed by atoms with Gasteiger partial charge in [0, 0.05) is 17.2 Å². The maximum absolute atomic E-state index is 6.11. The molecule has 1 aliphatic heterocycles. The smallest absolute Gasteiger partial charge is 0.199 e. The molecular formula is C19H22O3. The molecule has 1 saturated heterocycles. The van der Waals surface area contributed by atoms with Crippen LogP contribution >= 0.6 is 0 Å². The van der Waals surface area contributed by atoms with E-state index in [1.807, 2.05) is 25.1 Å². The van der Waals surface area contributed by atoms with Crippen LogP contribution in [0.15, 0.2) is 43.0 Å². The van der Waals surface area contributed by atoms with Crippen LogP contribution in [-0.2, 0) is 4.74 Å². The van der Waals surface area contributed by atoms with Gasteiger partial charge in [-0.25, -0.2) is 0 Å². The molecule has 2 aromatic rings. The van der Waals surface area contributed by atoms with Crippen molar-refractivity contribution in [2.24, 2.45) is 0 Å². The highest BCUT2D eigenvalue weighted by molar-refractivity contribution is 5.94. The SMILES string of the molecule is C=CCOc1c(C)cc(OC2CCCCO2)c2ccccc12. The zero-order valence-corrected chi connectivity index (χ0v) is 13.0. The van der Waals surface area contributed by atoms with Crippen LogP contribution in [0.1, 0.15) is 24.8 Å². The quantitative estimate of drug-likeness (QED) is 0.754. The Bertz CT molecular complexity index is 657. The highest BCUT2D eigenvalue weighted by Gasteiger charge is 2.18. The molecule has 0 amide bonds. The predicted molar refractivity (Wildman–Crippen MR) is 88.6 cm³/mol. The maximum Gasteiger partial charge on any atom is 0.199 e. The Morgan fingerprint density at radius 1 is 1.27 bits per heavy atom. The van der Waals surface area contributed by atoms with Gasteiger partial charge < -0.3 is 14.2 Å². The Labute approximate surface area is 131 Å². The maximum atomic E-state index is 6.11. The highest BCUT2D eigenvalue weighted by Crippen LogP contribution is 2.37. The lowest BCUT2D eigenvalue weighted by molar-refractivity contribution is -0.105. The summed E-state index contributed by atoms with van der Waals surface area (Å²) in [5.74, 6) is 1.76. The molecule has 0 N–H and O–H groups in total. The Morgan fingerprint density at radius 3 is 2.82 bits per heavy atom. The van der Waals surface area contributed by atoms with Crippen molar-refractivity contribution in [3.8, 4) is 11.5 Å². The van der Waals surface area contributed by atoms with E-state index in [4.69, 9.17) is 14.2 Å². The fourth-order valence-electron chi connectivity index (χ4n) is 2.83. The van der Waals surface area contributed by atoms with Gasteiger partial charge in [0.05, 0.1) is 6.61 Å². The van der Waals surface area contributed by atoms with E-state index in [-0.39, 0.29) is 6.29 Å². The summed E-state index contributed by atoms with van der Waals surface area (Å²) in [5.41, 5.74) is 1.06. The molecule has 1 heterocycles. The number of aryl methyl sites for hydroxylation is 1. The molecule has 0 spiro atoms. The van der Waals surface area contributed by atoms with Gasteiger partial charge in [0.25, 0.3) is 0 Å². The van der Waals surface area contributed by atoms with Crippen LogP contribution in [0.2, 0.25) is 0 Å². The lowest BCUT2D eigenvalue weighted by Crippen LogP contribution is -2.25. The van der Waals surface area contributed by atoms with Gasteiger partial charge in [-0.15, -0.1) is 0 Å². The van der Waals surface area contributed by atoms with Crippen molar-refractivity contribution in [1.29, 1.82) is 0 Å². The highest BCUT2D eigenvalue weighted by atomic mass is 16.7. The first-order valence-electron chi connectivity index (χ1n) is 7.84. The van der Waals surface area contributed by atoms with Crippen molar-refractivity contribution in [3.63, 3.8) is 0 Å². The third kappa shape index (κ3) is 3.09. The van der Waals surface area contributed by atoms with Gasteiger partial charge >= 0.3 is 0 Å². The molecular weight excluding hydrogens is 276 g/mol. The molecule has 0 bridgehead atoms. The second-order valence-electron chi connectivity index (χ2n) is 5.58. The van der Waals surface area contributed by atoms with Gasteiger partial charge in [0.15, 0.2) is 6.29 Å². The van der Waals surface area contributed by atoms with E-state index in [9.17, 15) is 0 Å². The minimum Gasteiger partial charge on any atom is -0.489 e. The summed E-state index contributed by atoms with van der Waals surface area (Å²) in [6.45, 7) is 7.03. The topological polar surface area (TPSA) is 27.7 Å². The molecule has 1 atom stereocenters. The first-order valence-corrected chi connectivity index (χ1v) is 7.84. The van der Waals surface area contributed by atoms with E-state index in [0.717, 1.165) is 53.7 Å². The zero-order valence-electron chi connectivity index (χ0n) is 13.0. The second kappa shape index (κ2) is 6.84. The molecule has 2 aromatic carbocycles. The molecule has 3 nitrogen and oxygen atoms in total. The second-order valence-corrected chi connectivity index (χ2v) is 5.58. The average Bonchev–Trinajstić information content (AvgIpc) is 2.55. The summed E-state index contributed by atoms with van der Waals surface area (Å²) in [5, 5.41) is 2.12. The molecule has 0 aromatic heterocycles. The largest absolute Gasteiger partial charge is 0.489 e. The van der Waals surface area contributed by atoms with Crippen LogP contribution in [-0.4, -0.2) is 19.5 Å². The van der Waals surface area contributed by atoms with Crippen LogP contribution < -0.4 is 9.47 Å². The molecule has 0 aliphatic carbocycles. The first-order chi connectivity index (χ1) is 10.8. The van der Waals surface area contributed by atoms with Gasteiger partial charge in [0.2, 0.25) is 0 Å². The van der Waals surface area contributed by atoms with Crippen molar-refractivity contribution in [3.05, 3.63) is 48.6 Å². The summed E-state index contributed by atoms with van der Waals surface area (Å²) < 4.78 is 17.6. The molecule has 1 aliphatic rings. The van der Waals surface area contributed by atoms with Gasteiger partial charge in [-0.1, -0.05) is 36.9 Å². The van der Waals surface area contributed by atoms with Crippen LogP contribution in [0, 0.1) is 6.92 Å². The predicted octanol–water partition coefficient (Wildman–Crippen LogP) is 4.62. The van der Waals surface area contributed by atoms with Crippen molar-refractivity contribution in [2.75, 3.05) is 13.2 Å². The van der Waals surface area contributed by atoms with Crippen molar-refractivity contribution in [2.45, 2.75) is 32.5 Å². The Morgan fingerprint density at radius 2 is 2.09 bits per heavy atom. The molecule has 3 heteroatoms. The lowest BCUT2D eigenvalue weighted by atomic mass is 10.0. The Kier molecular flexibility index (Phi) is 4.64. The summed E-state index contributed by atoms with van der Waals surface area (Å²) >= 11 is 0. The van der Waals surface area contributed by atoms with Crippen LogP contribution in [0.4, 0.5) is 0 Å². The van der Waals surface area contributed by atoms with Crippen LogP contribution in [0.25, 0.3) is 10.8 Å².